The highest BCUT2D eigenvalue weighted by molar-refractivity contribution is 6.16. The smallest absolute Gasteiger partial charge is 0.128 e. The standard InChI is InChI=1S/C14H16ClFN2/c1-8-5-13-12(6-11(8)16)17-14(7-15)18(13)9(2)10-3-4-10/h5-6,9-10H,3-4,7H2,1-2H3. The zero-order valence-electron chi connectivity index (χ0n) is 10.6. The number of benzene rings is 1. The molecule has 1 fully saturated rings. The van der Waals surface area contributed by atoms with E-state index in [0.717, 1.165) is 17.3 Å². The number of hydrogen-bond donors (Lipinski definition) is 0. The highest BCUT2D eigenvalue weighted by atomic mass is 35.5. The fourth-order valence-corrected chi connectivity index (χ4v) is 2.80. The van der Waals surface area contributed by atoms with Crippen LogP contribution < -0.4 is 0 Å². The lowest BCUT2D eigenvalue weighted by atomic mass is 10.1. The Labute approximate surface area is 111 Å². The van der Waals surface area contributed by atoms with E-state index in [0.29, 0.717) is 23.0 Å². The van der Waals surface area contributed by atoms with Gasteiger partial charge in [-0.1, -0.05) is 0 Å². The van der Waals surface area contributed by atoms with E-state index in [9.17, 15) is 4.39 Å². The summed E-state index contributed by atoms with van der Waals surface area (Å²) in [4.78, 5) is 4.46. The largest absolute Gasteiger partial charge is 0.324 e. The molecule has 3 rings (SSSR count). The first-order valence-electron chi connectivity index (χ1n) is 6.34. The summed E-state index contributed by atoms with van der Waals surface area (Å²) in [5.41, 5.74) is 2.37. The zero-order chi connectivity index (χ0) is 12.9. The Kier molecular flexibility index (Phi) is 2.81. The Morgan fingerprint density at radius 1 is 1.50 bits per heavy atom. The van der Waals surface area contributed by atoms with E-state index < -0.39 is 0 Å². The molecule has 0 bridgehead atoms. The topological polar surface area (TPSA) is 17.8 Å². The maximum Gasteiger partial charge on any atom is 0.128 e. The summed E-state index contributed by atoms with van der Waals surface area (Å²) < 4.78 is 15.8. The van der Waals surface area contributed by atoms with Crippen LogP contribution >= 0.6 is 11.6 Å². The van der Waals surface area contributed by atoms with E-state index in [1.807, 2.05) is 6.07 Å². The second-order valence-electron chi connectivity index (χ2n) is 5.20. The maximum absolute atomic E-state index is 13.6. The van der Waals surface area contributed by atoms with Gasteiger partial charge in [-0.3, -0.25) is 0 Å². The minimum Gasteiger partial charge on any atom is -0.324 e. The van der Waals surface area contributed by atoms with Gasteiger partial charge in [0.05, 0.1) is 16.9 Å². The minimum absolute atomic E-state index is 0.202. The van der Waals surface area contributed by atoms with Crippen molar-refractivity contribution < 1.29 is 4.39 Å². The summed E-state index contributed by atoms with van der Waals surface area (Å²) in [6.07, 6.45) is 2.53. The van der Waals surface area contributed by atoms with Crippen LogP contribution in [0.4, 0.5) is 4.39 Å². The predicted octanol–water partition coefficient (Wildman–Crippen LogP) is 4.19. The van der Waals surface area contributed by atoms with Crippen LogP contribution in [0.25, 0.3) is 11.0 Å². The van der Waals surface area contributed by atoms with Gasteiger partial charge in [-0.05, 0) is 44.2 Å². The van der Waals surface area contributed by atoms with E-state index in [1.54, 1.807) is 6.92 Å². The number of fused-ring (bicyclic) bond motifs is 1. The first kappa shape index (κ1) is 12.0. The van der Waals surface area contributed by atoms with Gasteiger partial charge >= 0.3 is 0 Å². The third kappa shape index (κ3) is 1.81. The summed E-state index contributed by atoms with van der Waals surface area (Å²) >= 11 is 5.98. The lowest BCUT2D eigenvalue weighted by Gasteiger charge is -2.16. The molecular formula is C14H16ClFN2. The average molecular weight is 267 g/mol. The second kappa shape index (κ2) is 4.23. The zero-order valence-corrected chi connectivity index (χ0v) is 11.3. The third-order valence-electron chi connectivity index (χ3n) is 3.87. The molecular weight excluding hydrogens is 251 g/mol. The number of aromatic nitrogens is 2. The molecule has 0 amide bonds. The number of imidazole rings is 1. The van der Waals surface area contributed by atoms with Crippen molar-refractivity contribution in [1.82, 2.24) is 9.55 Å². The highest BCUT2D eigenvalue weighted by Gasteiger charge is 2.31. The Bertz CT molecular complexity index is 601. The fourth-order valence-electron chi connectivity index (χ4n) is 2.61. The fraction of sp³-hybridized carbons (Fsp3) is 0.500. The van der Waals surface area contributed by atoms with Gasteiger partial charge in [0.15, 0.2) is 0 Å². The number of alkyl halides is 1. The number of halogens is 2. The molecule has 0 aliphatic heterocycles. The number of aryl methyl sites for hydroxylation is 1. The summed E-state index contributed by atoms with van der Waals surface area (Å²) in [7, 11) is 0. The van der Waals surface area contributed by atoms with E-state index in [2.05, 4.69) is 16.5 Å². The Hall–Kier alpha value is -1.09. The summed E-state index contributed by atoms with van der Waals surface area (Å²) in [5, 5.41) is 0. The molecule has 18 heavy (non-hydrogen) atoms. The van der Waals surface area contributed by atoms with Crippen LogP contribution in [0, 0.1) is 18.7 Å². The molecule has 1 aromatic heterocycles. The molecule has 0 saturated heterocycles. The quantitative estimate of drug-likeness (QED) is 0.762. The molecule has 0 N–H and O–H groups in total. The van der Waals surface area contributed by atoms with Crippen LogP contribution in [-0.2, 0) is 5.88 Å². The lowest BCUT2D eigenvalue weighted by Crippen LogP contribution is -2.10. The SMILES string of the molecule is Cc1cc2c(cc1F)nc(CCl)n2C(C)C1CC1. The van der Waals surface area contributed by atoms with Gasteiger partial charge in [0.1, 0.15) is 11.6 Å². The average Bonchev–Trinajstić information content (AvgIpc) is 3.12. The minimum atomic E-state index is -0.202. The third-order valence-corrected chi connectivity index (χ3v) is 4.11. The van der Waals surface area contributed by atoms with Crippen LogP contribution in [0.2, 0.25) is 0 Å². The normalized spacial score (nSPS) is 17.3. The molecule has 1 atom stereocenters. The first-order chi connectivity index (χ1) is 8.61. The predicted molar refractivity (Wildman–Crippen MR) is 71.4 cm³/mol. The van der Waals surface area contributed by atoms with Gasteiger partial charge in [0, 0.05) is 12.1 Å². The Morgan fingerprint density at radius 3 is 2.83 bits per heavy atom. The molecule has 1 aliphatic rings. The van der Waals surface area contributed by atoms with Crippen LogP contribution in [0.15, 0.2) is 12.1 Å². The summed E-state index contributed by atoms with van der Waals surface area (Å²) in [5.74, 6) is 1.73. The highest BCUT2D eigenvalue weighted by Crippen LogP contribution is 2.41. The van der Waals surface area contributed by atoms with Crippen LogP contribution in [0.3, 0.4) is 0 Å². The number of hydrogen-bond acceptors (Lipinski definition) is 1. The van der Waals surface area contributed by atoms with Crippen molar-refractivity contribution in [1.29, 1.82) is 0 Å². The van der Waals surface area contributed by atoms with E-state index >= 15 is 0 Å². The van der Waals surface area contributed by atoms with E-state index in [4.69, 9.17) is 11.6 Å². The molecule has 1 aromatic carbocycles. The first-order valence-corrected chi connectivity index (χ1v) is 6.88. The Morgan fingerprint density at radius 2 is 2.22 bits per heavy atom. The van der Waals surface area contributed by atoms with Crippen molar-refractivity contribution in [2.45, 2.75) is 38.6 Å². The van der Waals surface area contributed by atoms with Crippen LogP contribution in [0.1, 0.15) is 37.2 Å². The van der Waals surface area contributed by atoms with Gasteiger partial charge in [-0.15, -0.1) is 11.6 Å². The molecule has 2 nitrogen and oxygen atoms in total. The van der Waals surface area contributed by atoms with Crippen molar-refractivity contribution in [3.63, 3.8) is 0 Å². The number of nitrogens with zero attached hydrogens (tertiary/aromatic N) is 2. The van der Waals surface area contributed by atoms with Gasteiger partial charge in [0.2, 0.25) is 0 Å². The monoisotopic (exact) mass is 266 g/mol. The van der Waals surface area contributed by atoms with Gasteiger partial charge < -0.3 is 4.57 Å². The van der Waals surface area contributed by atoms with Gasteiger partial charge in [0.25, 0.3) is 0 Å². The Balaban J connectivity index is 2.22. The molecule has 4 heteroatoms. The second-order valence-corrected chi connectivity index (χ2v) is 5.47. The van der Waals surface area contributed by atoms with E-state index in [-0.39, 0.29) is 5.82 Å². The summed E-state index contributed by atoms with van der Waals surface area (Å²) in [6, 6.07) is 3.79. The summed E-state index contributed by atoms with van der Waals surface area (Å²) in [6.45, 7) is 3.99. The molecule has 2 aromatic rings. The van der Waals surface area contributed by atoms with Gasteiger partial charge in [-0.25, -0.2) is 9.37 Å². The molecule has 1 heterocycles. The van der Waals surface area contributed by atoms with Crippen molar-refractivity contribution >= 4 is 22.6 Å². The van der Waals surface area contributed by atoms with Gasteiger partial charge in [-0.2, -0.15) is 0 Å². The van der Waals surface area contributed by atoms with Crippen molar-refractivity contribution in [3.05, 3.63) is 29.3 Å². The lowest BCUT2D eigenvalue weighted by molar-refractivity contribution is 0.485. The van der Waals surface area contributed by atoms with Crippen molar-refractivity contribution in [2.75, 3.05) is 0 Å². The molecule has 1 aliphatic carbocycles. The van der Waals surface area contributed by atoms with E-state index in [1.165, 1.54) is 18.9 Å². The molecule has 1 saturated carbocycles. The van der Waals surface area contributed by atoms with Crippen LogP contribution in [0.5, 0.6) is 0 Å². The van der Waals surface area contributed by atoms with Crippen molar-refractivity contribution in [2.24, 2.45) is 5.92 Å². The molecule has 1 unspecified atom stereocenters. The van der Waals surface area contributed by atoms with Crippen molar-refractivity contribution in [3.8, 4) is 0 Å². The molecule has 0 radical (unpaired) electrons. The number of rotatable bonds is 3. The molecule has 96 valence electrons. The molecule has 0 spiro atoms. The van der Waals surface area contributed by atoms with Crippen LogP contribution in [-0.4, -0.2) is 9.55 Å². The maximum atomic E-state index is 13.6.